The van der Waals surface area contributed by atoms with Gasteiger partial charge in [-0.25, -0.2) is 0 Å². The first-order chi connectivity index (χ1) is 13.8. The van der Waals surface area contributed by atoms with Gasteiger partial charge in [0.15, 0.2) is 0 Å². The fourth-order valence-corrected chi connectivity index (χ4v) is 3.38. The number of rotatable bonds is 9. The van der Waals surface area contributed by atoms with E-state index in [4.69, 9.17) is 9.47 Å². The Morgan fingerprint density at radius 2 is 1.93 bits per heavy atom. The Morgan fingerprint density at radius 1 is 1.07 bits per heavy atom. The summed E-state index contributed by atoms with van der Waals surface area (Å²) in [5, 5.41) is 3.04. The van der Waals surface area contributed by atoms with E-state index in [0.717, 1.165) is 23.5 Å². The highest BCUT2D eigenvalue weighted by molar-refractivity contribution is 5.94. The summed E-state index contributed by atoms with van der Waals surface area (Å²) >= 11 is 0. The number of amides is 1. The SMILES string of the molecule is CCOc1ccc(C(=O)NCCC2=CCCCC2)cc1COc1ccccc1. The molecule has 0 heterocycles. The molecule has 0 atom stereocenters. The van der Waals surface area contributed by atoms with Gasteiger partial charge in [0, 0.05) is 17.7 Å². The first kappa shape index (κ1) is 20.0. The Kier molecular flexibility index (Phi) is 7.53. The number of carbonyl (C=O) groups excluding carboxylic acids is 1. The third kappa shape index (κ3) is 5.88. The van der Waals surface area contributed by atoms with Crippen molar-refractivity contribution in [3.05, 3.63) is 71.3 Å². The number of hydrogen-bond donors (Lipinski definition) is 1. The van der Waals surface area contributed by atoms with Gasteiger partial charge in [0.05, 0.1) is 6.61 Å². The molecule has 148 valence electrons. The van der Waals surface area contributed by atoms with Crippen LogP contribution in [0.15, 0.2) is 60.2 Å². The zero-order chi connectivity index (χ0) is 19.6. The Morgan fingerprint density at radius 3 is 2.68 bits per heavy atom. The number of benzene rings is 2. The average Bonchev–Trinajstić information content (AvgIpc) is 2.74. The molecule has 4 nitrogen and oxygen atoms in total. The van der Waals surface area contributed by atoms with Crippen molar-refractivity contribution < 1.29 is 14.3 Å². The highest BCUT2D eigenvalue weighted by atomic mass is 16.5. The predicted octanol–water partition coefficient (Wildman–Crippen LogP) is 5.28. The summed E-state index contributed by atoms with van der Waals surface area (Å²) in [5.74, 6) is 1.49. The van der Waals surface area contributed by atoms with E-state index < -0.39 is 0 Å². The third-order valence-corrected chi connectivity index (χ3v) is 4.88. The van der Waals surface area contributed by atoms with Crippen molar-refractivity contribution in [2.45, 2.75) is 45.6 Å². The smallest absolute Gasteiger partial charge is 0.251 e. The Hall–Kier alpha value is -2.75. The van der Waals surface area contributed by atoms with E-state index in [0.29, 0.717) is 25.3 Å². The van der Waals surface area contributed by atoms with Crippen LogP contribution in [0, 0.1) is 0 Å². The number of ether oxygens (including phenoxy) is 2. The molecule has 2 aromatic rings. The molecule has 0 saturated heterocycles. The number of hydrogen-bond acceptors (Lipinski definition) is 3. The minimum Gasteiger partial charge on any atom is -0.493 e. The van der Waals surface area contributed by atoms with Gasteiger partial charge in [-0.15, -0.1) is 0 Å². The normalized spacial score (nSPS) is 13.5. The van der Waals surface area contributed by atoms with E-state index in [-0.39, 0.29) is 5.91 Å². The molecule has 28 heavy (non-hydrogen) atoms. The molecular formula is C24H29NO3. The summed E-state index contributed by atoms with van der Waals surface area (Å²) < 4.78 is 11.6. The quantitative estimate of drug-likeness (QED) is 0.603. The molecule has 0 spiro atoms. The first-order valence-corrected chi connectivity index (χ1v) is 10.2. The standard InChI is InChI=1S/C24H29NO3/c1-2-27-23-14-13-20(17-21(23)18-28-22-11-7-4-8-12-22)24(26)25-16-15-19-9-5-3-6-10-19/h4,7-9,11-14,17H,2-3,5-6,10,15-16,18H2,1H3,(H,25,26). The van der Waals surface area contributed by atoms with Gasteiger partial charge in [-0.05, 0) is 69.4 Å². The molecule has 0 aliphatic heterocycles. The van der Waals surface area contributed by atoms with Gasteiger partial charge in [-0.2, -0.15) is 0 Å². The molecule has 2 aromatic carbocycles. The van der Waals surface area contributed by atoms with Crippen LogP contribution in [-0.4, -0.2) is 19.1 Å². The first-order valence-electron chi connectivity index (χ1n) is 10.2. The maximum atomic E-state index is 12.6. The topological polar surface area (TPSA) is 47.6 Å². The molecule has 1 aliphatic rings. The molecule has 0 aromatic heterocycles. The molecule has 0 radical (unpaired) electrons. The van der Waals surface area contributed by atoms with Gasteiger partial charge in [0.1, 0.15) is 18.1 Å². The largest absolute Gasteiger partial charge is 0.493 e. The second kappa shape index (κ2) is 10.5. The lowest BCUT2D eigenvalue weighted by molar-refractivity contribution is 0.0954. The monoisotopic (exact) mass is 379 g/mol. The Bertz CT molecular complexity index is 799. The van der Waals surface area contributed by atoms with Crippen LogP contribution in [0.2, 0.25) is 0 Å². The van der Waals surface area contributed by atoms with E-state index in [2.05, 4.69) is 11.4 Å². The average molecular weight is 380 g/mol. The summed E-state index contributed by atoms with van der Waals surface area (Å²) in [7, 11) is 0. The highest BCUT2D eigenvalue weighted by Crippen LogP contribution is 2.23. The van der Waals surface area contributed by atoms with Gasteiger partial charge < -0.3 is 14.8 Å². The molecule has 0 fully saturated rings. The third-order valence-electron chi connectivity index (χ3n) is 4.88. The number of allylic oxidation sites excluding steroid dienone is 1. The summed E-state index contributed by atoms with van der Waals surface area (Å²) in [6.45, 7) is 3.54. The molecule has 0 saturated carbocycles. The molecule has 1 amide bonds. The van der Waals surface area contributed by atoms with E-state index in [1.165, 1.54) is 31.3 Å². The van der Waals surface area contributed by atoms with Crippen LogP contribution in [0.1, 0.15) is 54.9 Å². The van der Waals surface area contributed by atoms with Gasteiger partial charge in [0.25, 0.3) is 5.91 Å². The second-order valence-electron chi connectivity index (χ2n) is 6.97. The van der Waals surface area contributed by atoms with E-state index in [1.54, 1.807) is 0 Å². The van der Waals surface area contributed by atoms with Crippen molar-refractivity contribution in [1.82, 2.24) is 5.32 Å². The maximum absolute atomic E-state index is 12.6. The van der Waals surface area contributed by atoms with Crippen LogP contribution in [0.4, 0.5) is 0 Å². The predicted molar refractivity (Wildman–Crippen MR) is 112 cm³/mol. The minimum absolute atomic E-state index is 0.0552. The van der Waals surface area contributed by atoms with Crippen molar-refractivity contribution in [1.29, 1.82) is 0 Å². The van der Waals surface area contributed by atoms with Crippen molar-refractivity contribution in [2.24, 2.45) is 0 Å². The van der Waals surface area contributed by atoms with Crippen molar-refractivity contribution in [3.63, 3.8) is 0 Å². The van der Waals surface area contributed by atoms with Gasteiger partial charge in [-0.1, -0.05) is 29.8 Å². The van der Waals surface area contributed by atoms with Crippen molar-refractivity contribution >= 4 is 5.91 Å². The zero-order valence-electron chi connectivity index (χ0n) is 16.6. The summed E-state index contributed by atoms with van der Waals surface area (Å²) in [6.07, 6.45) is 8.16. The Labute approximate surface area is 167 Å². The number of carbonyl (C=O) groups is 1. The molecule has 1 aliphatic carbocycles. The van der Waals surface area contributed by atoms with E-state index >= 15 is 0 Å². The van der Waals surface area contributed by atoms with Gasteiger partial charge in [-0.3, -0.25) is 4.79 Å². The van der Waals surface area contributed by atoms with E-state index in [1.807, 2.05) is 55.5 Å². The van der Waals surface area contributed by atoms with E-state index in [9.17, 15) is 4.79 Å². The van der Waals surface area contributed by atoms with Crippen molar-refractivity contribution in [3.8, 4) is 11.5 Å². The van der Waals surface area contributed by atoms with Crippen molar-refractivity contribution in [2.75, 3.05) is 13.2 Å². The van der Waals surface area contributed by atoms with Gasteiger partial charge >= 0.3 is 0 Å². The summed E-state index contributed by atoms with van der Waals surface area (Å²) in [4.78, 5) is 12.6. The second-order valence-corrected chi connectivity index (χ2v) is 6.97. The summed E-state index contributed by atoms with van der Waals surface area (Å²) in [6, 6.07) is 15.2. The van der Waals surface area contributed by atoms with Gasteiger partial charge in [0.2, 0.25) is 0 Å². The van der Waals surface area contributed by atoms with Crippen LogP contribution in [0.3, 0.4) is 0 Å². The Balaban J connectivity index is 1.61. The molecule has 1 N–H and O–H groups in total. The number of para-hydroxylation sites is 1. The fourth-order valence-electron chi connectivity index (χ4n) is 3.38. The van der Waals surface area contributed by atoms with Crippen LogP contribution < -0.4 is 14.8 Å². The molecule has 4 heteroatoms. The fraction of sp³-hybridized carbons (Fsp3) is 0.375. The number of nitrogens with one attached hydrogen (secondary N) is 1. The zero-order valence-corrected chi connectivity index (χ0v) is 16.6. The summed E-state index contributed by atoms with van der Waals surface area (Å²) in [5.41, 5.74) is 2.97. The van der Waals surface area contributed by atoms with Crippen LogP contribution in [0.5, 0.6) is 11.5 Å². The van der Waals surface area contributed by atoms with Crippen LogP contribution in [0.25, 0.3) is 0 Å². The molecule has 0 unspecified atom stereocenters. The lowest BCUT2D eigenvalue weighted by Gasteiger charge is -2.14. The molecular weight excluding hydrogens is 350 g/mol. The lowest BCUT2D eigenvalue weighted by atomic mass is 9.97. The highest BCUT2D eigenvalue weighted by Gasteiger charge is 2.12. The minimum atomic E-state index is -0.0552. The van der Waals surface area contributed by atoms with Crippen LogP contribution >= 0.6 is 0 Å². The maximum Gasteiger partial charge on any atom is 0.251 e. The van der Waals surface area contributed by atoms with Crippen LogP contribution in [-0.2, 0) is 6.61 Å². The lowest BCUT2D eigenvalue weighted by Crippen LogP contribution is -2.25. The molecule has 3 rings (SSSR count). The molecule has 0 bridgehead atoms.